The summed E-state index contributed by atoms with van der Waals surface area (Å²) in [5.74, 6) is -0.648. The van der Waals surface area contributed by atoms with Crippen LogP contribution in [0.15, 0.2) is 35.3 Å². The Bertz CT molecular complexity index is 944. The zero-order valence-corrected chi connectivity index (χ0v) is 17.3. The van der Waals surface area contributed by atoms with Gasteiger partial charge in [0.2, 0.25) is 0 Å². The maximum atomic E-state index is 14.3. The number of aromatic nitrogens is 2. The summed E-state index contributed by atoms with van der Waals surface area (Å²) < 4.78 is 20.7. The van der Waals surface area contributed by atoms with Crippen LogP contribution in [0.3, 0.4) is 0 Å². The highest BCUT2D eigenvalue weighted by atomic mass is 19.1. The molecule has 2 aromatic rings. The summed E-state index contributed by atoms with van der Waals surface area (Å²) in [6.45, 7) is 4.91. The number of ether oxygens (including phenoxy) is 1. The average Bonchev–Trinajstić information content (AvgIpc) is 2.72. The van der Waals surface area contributed by atoms with Crippen molar-refractivity contribution in [2.24, 2.45) is 0 Å². The number of methoxy groups -OCH3 is 1. The summed E-state index contributed by atoms with van der Waals surface area (Å²) in [4.78, 5) is 29.0. The van der Waals surface area contributed by atoms with Gasteiger partial charge in [0.1, 0.15) is 11.6 Å². The van der Waals surface area contributed by atoms with Gasteiger partial charge in [-0.15, -0.1) is 0 Å². The van der Waals surface area contributed by atoms with Gasteiger partial charge >= 0.3 is 0 Å². The van der Waals surface area contributed by atoms with Crippen molar-refractivity contribution in [2.45, 2.75) is 38.8 Å². The van der Waals surface area contributed by atoms with Crippen molar-refractivity contribution in [1.82, 2.24) is 14.7 Å². The van der Waals surface area contributed by atoms with E-state index < -0.39 is 5.82 Å². The second-order valence-electron chi connectivity index (χ2n) is 7.59. The topological polar surface area (TPSA) is 67.7 Å². The molecule has 7 nitrogen and oxygen atoms in total. The molecule has 0 saturated carbocycles. The fourth-order valence-corrected chi connectivity index (χ4v) is 3.48. The van der Waals surface area contributed by atoms with Gasteiger partial charge in [0, 0.05) is 38.3 Å². The SMILES string of the molecule is COc1ccc(C(=O)N2CCC[C@@H](n3ncc(N(C)C(C)C)cc3=O)C2)c(F)c1. The van der Waals surface area contributed by atoms with Crippen LogP contribution in [-0.4, -0.2) is 53.9 Å². The molecular weight excluding hydrogens is 375 g/mol. The van der Waals surface area contributed by atoms with Crippen molar-refractivity contribution in [3.63, 3.8) is 0 Å². The number of halogens is 1. The summed E-state index contributed by atoms with van der Waals surface area (Å²) in [5.41, 5.74) is 0.552. The molecule has 8 heteroatoms. The number of carbonyl (C=O) groups excluding carboxylic acids is 1. The van der Waals surface area contributed by atoms with Crippen molar-refractivity contribution in [2.75, 3.05) is 32.1 Å². The fourth-order valence-electron chi connectivity index (χ4n) is 3.48. The van der Waals surface area contributed by atoms with E-state index in [0.29, 0.717) is 18.8 Å². The first-order valence-electron chi connectivity index (χ1n) is 9.76. The minimum absolute atomic E-state index is 0.000613. The molecule has 0 aliphatic carbocycles. The maximum absolute atomic E-state index is 14.3. The van der Waals surface area contributed by atoms with Crippen LogP contribution < -0.4 is 15.2 Å². The van der Waals surface area contributed by atoms with E-state index in [1.807, 2.05) is 25.8 Å². The van der Waals surface area contributed by atoms with E-state index in [0.717, 1.165) is 18.5 Å². The van der Waals surface area contributed by atoms with E-state index in [4.69, 9.17) is 4.74 Å². The Morgan fingerprint density at radius 1 is 1.34 bits per heavy atom. The van der Waals surface area contributed by atoms with Gasteiger partial charge in [-0.05, 0) is 38.8 Å². The number of anilines is 1. The number of hydrogen-bond acceptors (Lipinski definition) is 5. The lowest BCUT2D eigenvalue weighted by atomic mass is 10.0. The summed E-state index contributed by atoms with van der Waals surface area (Å²) in [7, 11) is 3.36. The molecule has 0 radical (unpaired) electrons. The Balaban J connectivity index is 1.79. The van der Waals surface area contributed by atoms with Crippen molar-refractivity contribution < 1.29 is 13.9 Å². The van der Waals surface area contributed by atoms with Crippen molar-refractivity contribution in [3.8, 4) is 5.75 Å². The van der Waals surface area contributed by atoms with Gasteiger partial charge in [-0.2, -0.15) is 5.10 Å². The van der Waals surface area contributed by atoms with Crippen LogP contribution >= 0.6 is 0 Å². The van der Waals surface area contributed by atoms with E-state index in [2.05, 4.69) is 5.10 Å². The van der Waals surface area contributed by atoms with Crippen LogP contribution in [0.1, 0.15) is 43.1 Å². The zero-order chi connectivity index (χ0) is 21.1. The molecular formula is C21H27FN4O3. The molecule has 1 saturated heterocycles. The van der Waals surface area contributed by atoms with Gasteiger partial charge in [-0.3, -0.25) is 9.59 Å². The Labute approximate surface area is 169 Å². The summed E-state index contributed by atoms with van der Waals surface area (Å²) in [6, 6.07) is 5.77. The van der Waals surface area contributed by atoms with Gasteiger partial charge in [0.25, 0.3) is 11.5 Å². The van der Waals surface area contributed by atoms with E-state index in [1.165, 1.54) is 23.9 Å². The first-order valence-corrected chi connectivity index (χ1v) is 9.76. The summed E-state index contributed by atoms with van der Waals surface area (Å²) >= 11 is 0. The number of carbonyl (C=O) groups is 1. The van der Waals surface area contributed by atoms with Crippen LogP contribution in [-0.2, 0) is 0 Å². The molecule has 1 amide bonds. The zero-order valence-electron chi connectivity index (χ0n) is 17.3. The number of benzene rings is 1. The minimum Gasteiger partial charge on any atom is -0.497 e. The lowest BCUT2D eigenvalue weighted by molar-refractivity contribution is 0.0665. The van der Waals surface area contributed by atoms with Crippen LogP contribution in [0.2, 0.25) is 0 Å². The quantitative estimate of drug-likeness (QED) is 0.769. The van der Waals surface area contributed by atoms with E-state index in [9.17, 15) is 14.0 Å². The Morgan fingerprint density at radius 3 is 2.72 bits per heavy atom. The average molecular weight is 402 g/mol. The Morgan fingerprint density at radius 2 is 2.10 bits per heavy atom. The normalized spacial score (nSPS) is 16.8. The van der Waals surface area contributed by atoms with Crippen LogP contribution in [0.25, 0.3) is 0 Å². The third-order valence-corrected chi connectivity index (χ3v) is 5.43. The van der Waals surface area contributed by atoms with E-state index in [1.54, 1.807) is 23.2 Å². The lowest BCUT2D eigenvalue weighted by Gasteiger charge is -2.33. The molecule has 1 aliphatic heterocycles. The van der Waals surface area contributed by atoms with Crippen molar-refractivity contribution in [1.29, 1.82) is 0 Å². The van der Waals surface area contributed by atoms with Crippen molar-refractivity contribution in [3.05, 3.63) is 52.2 Å². The molecule has 1 atom stereocenters. The highest BCUT2D eigenvalue weighted by Gasteiger charge is 2.28. The van der Waals surface area contributed by atoms with Gasteiger partial charge in [0.15, 0.2) is 0 Å². The maximum Gasteiger partial charge on any atom is 0.269 e. The number of rotatable bonds is 5. The largest absolute Gasteiger partial charge is 0.497 e. The second-order valence-corrected chi connectivity index (χ2v) is 7.59. The van der Waals surface area contributed by atoms with Crippen LogP contribution in [0.5, 0.6) is 5.75 Å². The van der Waals surface area contributed by atoms with E-state index in [-0.39, 0.29) is 29.1 Å². The first-order chi connectivity index (χ1) is 13.8. The number of nitrogens with zero attached hydrogens (tertiary/aromatic N) is 4. The molecule has 1 aliphatic rings. The number of likely N-dealkylation sites (tertiary alicyclic amines) is 1. The molecule has 1 aromatic heterocycles. The first kappa shape index (κ1) is 20.8. The monoisotopic (exact) mass is 402 g/mol. The fraction of sp³-hybridized carbons (Fsp3) is 0.476. The summed E-state index contributed by atoms with van der Waals surface area (Å²) in [6.07, 6.45) is 3.13. The highest BCUT2D eigenvalue weighted by molar-refractivity contribution is 5.94. The number of amides is 1. The standard InChI is InChI=1S/C21H27FN4O3/c1-14(2)24(3)16-10-20(27)26(23-12-16)15-6-5-9-25(13-15)21(28)18-8-7-17(29-4)11-19(18)22/h7-8,10-12,14-15H,5-6,9,13H2,1-4H3/t15-/m1/s1. The molecule has 3 rings (SSSR count). The van der Waals surface area contributed by atoms with E-state index >= 15 is 0 Å². The predicted octanol–water partition coefficient (Wildman–Crippen LogP) is 2.71. The smallest absolute Gasteiger partial charge is 0.269 e. The van der Waals surface area contributed by atoms with Gasteiger partial charge in [-0.25, -0.2) is 9.07 Å². The van der Waals surface area contributed by atoms with Gasteiger partial charge in [0.05, 0.1) is 30.6 Å². The summed E-state index contributed by atoms with van der Waals surface area (Å²) in [5, 5.41) is 4.35. The highest BCUT2D eigenvalue weighted by Crippen LogP contribution is 2.24. The second kappa shape index (κ2) is 8.63. The molecule has 1 fully saturated rings. The van der Waals surface area contributed by atoms with Crippen LogP contribution in [0.4, 0.5) is 10.1 Å². The third-order valence-electron chi connectivity index (χ3n) is 5.43. The molecule has 1 aromatic carbocycles. The molecule has 2 heterocycles. The predicted molar refractivity (Wildman–Crippen MR) is 109 cm³/mol. The molecule has 0 unspecified atom stereocenters. The van der Waals surface area contributed by atoms with Gasteiger partial charge in [-0.1, -0.05) is 0 Å². The Hall–Kier alpha value is -2.90. The molecule has 29 heavy (non-hydrogen) atoms. The molecule has 156 valence electrons. The number of piperidine rings is 1. The molecule has 0 spiro atoms. The van der Waals surface area contributed by atoms with Crippen molar-refractivity contribution >= 4 is 11.6 Å². The minimum atomic E-state index is -0.618. The molecule has 0 N–H and O–H groups in total. The third kappa shape index (κ3) is 4.41. The Kier molecular flexibility index (Phi) is 6.20. The van der Waals surface area contributed by atoms with Crippen LogP contribution in [0, 0.1) is 5.82 Å². The number of hydrogen-bond donors (Lipinski definition) is 0. The lowest BCUT2D eigenvalue weighted by Crippen LogP contribution is -2.43. The van der Waals surface area contributed by atoms with Gasteiger partial charge < -0.3 is 14.5 Å². The molecule has 0 bridgehead atoms.